The van der Waals surface area contributed by atoms with E-state index >= 15 is 0 Å². The topological polar surface area (TPSA) is 52.0 Å². The Kier molecular flexibility index (Phi) is 6.30. The van der Waals surface area contributed by atoms with Crippen molar-refractivity contribution in [3.05, 3.63) is 34.5 Å². The van der Waals surface area contributed by atoms with E-state index in [1.165, 1.54) is 32.1 Å². The summed E-state index contributed by atoms with van der Waals surface area (Å²) < 4.78 is 6.46. The first-order valence-corrected chi connectivity index (χ1v) is 8.51. The molecule has 0 unspecified atom stereocenters. The van der Waals surface area contributed by atoms with E-state index in [4.69, 9.17) is 10.3 Å². The third-order valence-corrected chi connectivity index (χ3v) is 4.15. The summed E-state index contributed by atoms with van der Waals surface area (Å²) in [6.07, 6.45) is 8.50. The average molecular weight is 351 g/mol. The van der Waals surface area contributed by atoms with Crippen molar-refractivity contribution in [2.45, 2.75) is 51.9 Å². The molecule has 0 saturated heterocycles. The summed E-state index contributed by atoms with van der Waals surface area (Å²) in [5, 5.41) is 3.94. The maximum Gasteiger partial charge on any atom is 0.175 e. The van der Waals surface area contributed by atoms with E-state index in [2.05, 4.69) is 28.0 Å². The molecule has 2 aromatic rings. The van der Waals surface area contributed by atoms with Gasteiger partial charge in [-0.25, -0.2) is 0 Å². The van der Waals surface area contributed by atoms with Gasteiger partial charge in [0.05, 0.1) is 5.56 Å². The highest BCUT2D eigenvalue weighted by atomic mass is 79.9. The molecule has 4 heteroatoms. The second kappa shape index (κ2) is 8.23. The SMILES string of the molecule is CCCCCCCCc1onc(N)c1-c1cccc(Br)c1. The number of aryl methyl sites for hydroxylation is 1. The summed E-state index contributed by atoms with van der Waals surface area (Å²) in [6.45, 7) is 2.24. The van der Waals surface area contributed by atoms with Gasteiger partial charge in [-0.1, -0.05) is 72.2 Å². The number of benzene rings is 1. The highest BCUT2D eigenvalue weighted by Gasteiger charge is 2.15. The molecule has 0 bridgehead atoms. The van der Waals surface area contributed by atoms with Gasteiger partial charge < -0.3 is 10.3 Å². The first kappa shape index (κ1) is 16.1. The number of anilines is 1. The van der Waals surface area contributed by atoms with Gasteiger partial charge in [0.2, 0.25) is 0 Å². The Bertz CT molecular complexity index is 566. The van der Waals surface area contributed by atoms with Crippen molar-refractivity contribution in [1.29, 1.82) is 0 Å². The molecule has 0 atom stereocenters. The van der Waals surface area contributed by atoms with Crippen LogP contribution < -0.4 is 5.73 Å². The number of nitrogens with zero attached hydrogens (tertiary/aromatic N) is 1. The lowest BCUT2D eigenvalue weighted by molar-refractivity contribution is 0.381. The van der Waals surface area contributed by atoms with E-state index in [0.29, 0.717) is 5.82 Å². The Morgan fingerprint density at radius 1 is 1.14 bits per heavy atom. The van der Waals surface area contributed by atoms with Crippen molar-refractivity contribution in [3.63, 3.8) is 0 Å². The van der Waals surface area contributed by atoms with Gasteiger partial charge in [0.25, 0.3) is 0 Å². The van der Waals surface area contributed by atoms with Crippen molar-refractivity contribution >= 4 is 21.7 Å². The quantitative estimate of drug-likeness (QED) is 0.631. The van der Waals surface area contributed by atoms with Crippen LogP contribution >= 0.6 is 15.9 Å². The summed E-state index contributed by atoms with van der Waals surface area (Å²) >= 11 is 3.49. The van der Waals surface area contributed by atoms with Gasteiger partial charge in [-0.3, -0.25) is 0 Å². The molecule has 0 aliphatic heterocycles. The normalized spacial score (nSPS) is 11.0. The standard InChI is InChI=1S/C17H23BrN2O/c1-2-3-4-5-6-7-11-15-16(17(19)20-21-15)13-9-8-10-14(18)12-13/h8-10,12H,2-7,11H2,1H3,(H2,19,20). The van der Waals surface area contributed by atoms with E-state index in [1.54, 1.807) is 0 Å². The Hall–Kier alpha value is -1.29. The average Bonchev–Trinajstić information content (AvgIpc) is 2.84. The van der Waals surface area contributed by atoms with Crippen molar-refractivity contribution in [1.82, 2.24) is 5.16 Å². The first-order valence-electron chi connectivity index (χ1n) is 7.72. The summed E-state index contributed by atoms with van der Waals surface area (Å²) in [5.41, 5.74) is 7.98. The molecule has 2 N–H and O–H groups in total. The zero-order valence-electron chi connectivity index (χ0n) is 12.6. The van der Waals surface area contributed by atoms with E-state index in [-0.39, 0.29) is 0 Å². The smallest absolute Gasteiger partial charge is 0.175 e. The second-order valence-electron chi connectivity index (χ2n) is 5.39. The number of unbranched alkanes of at least 4 members (excludes halogenated alkanes) is 5. The van der Waals surface area contributed by atoms with Gasteiger partial charge in [-0.2, -0.15) is 0 Å². The number of nitrogen functional groups attached to an aromatic ring is 1. The number of hydrogen-bond acceptors (Lipinski definition) is 3. The Morgan fingerprint density at radius 3 is 2.67 bits per heavy atom. The summed E-state index contributed by atoms with van der Waals surface area (Å²) in [6, 6.07) is 8.09. The van der Waals surface area contributed by atoms with Crippen LogP contribution in [-0.4, -0.2) is 5.16 Å². The molecular formula is C17H23BrN2O. The van der Waals surface area contributed by atoms with Crippen molar-refractivity contribution < 1.29 is 4.52 Å². The van der Waals surface area contributed by atoms with Crippen molar-refractivity contribution in [2.75, 3.05) is 5.73 Å². The lowest BCUT2D eigenvalue weighted by atomic mass is 10.0. The molecule has 21 heavy (non-hydrogen) atoms. The number of halogens is 1. The minimum atomic E-state index is 0.481. The Labute approximate surface area is 135 Å². The zero-order chi connectivity index (χ0) is 15.1. The highest BCUT2D eigenvalue weighted by molar-refractivity contribution is 9.10. The van der Waals surface area contributed by atoms with Crippen molar-refractivity contribution in [2.24, 2.45) is 0 Å². The largest absolute Gasteiger partial charge is 0.380 e. The van der Waals surface area contributed by atoms with Gasteiger partial charge in [0.15, 0.2) is 5.82 Å². The van der Waals surface area contributed by atoms with Gasteiger partial charge >= 0.3 is 0 Å². The molecule has 3 nitrogen and oxygen atoms in total. The number of hydrogen-bond donors (Lipinski definition) is 1. The second-order valence-corrected chi connectivity index (χ2v) is 6.31. The summed E-state index contributed by atoms with van der Waals surface area (Å²) in [4.78, 5) is 0. The van der Waals surface area contributed by atoms with Gasteiger partial charge in [-0.05, 0) is 24.1 Å². The molecule has 0 radical (unpaired) electrons. The molecule has 0 aliphatic rings. The third-order valence-electron chi connectivity index (χ3n) is 3.66. The Balaban J connectivity index is 1.98. The maximum absolute atomic E-state index is 5.97. The predicted molar refractivity (Wildman–Crippen MR) is 91.1 cm³/mol. The molecule has 0 fully saturated rings. The number of rotatable bonds is 8. The fourth-order valence-corrected chi connectivity index (χ4v) is 2.93. The number of aromatic nitrogens is 1. The molecule has 1 aromatic heterocycles. The molecule has 0 saturated carbocycles. The van der Waals surface area contributed by atoms with Crippen LogP contribution in [0.1, 0.15) is 51.2 Å². The third kappa shape index (κ3) is 4.60. The minimum Gasteiger partial charge on any atom is -0.380 e. The van der Waals surface area contributed by atoms with E-state index < -0.39 is 0 Å². The van der Waals surface area contributed by atoms with Crippen LogP contribution in [0.5, 0.6) is 0 Å². The Morgan fingerprint density at radius 2 is 1.90 bits per heavy atom. The van der Waals surface area contributed by atoms with Crippen molar-refractivity contribution in [3.8, 4) is 11.1 Å². The molecule has 1 heterocycles. The van der Waals surface area contributed by atoms with Crippen LogP contribution in [0.3, 0.4) is 0 Å². The molecule has 0 spiro atoms. The zero-order valence-corrected chi connectivity index (χ0v) is 14.2. The van der Waals surface area contributed by atoms with E-state index in [0.717, 1.165) is 34.2 Å². The maximum atomic E-state index is 5.97. The minimum absolute atomic E-state index is 0.481. The van der Waals surface area contributed by atoms with Gasteiger partial charge in [0.1, 0.15) is 5.76 Å². The van der Waals surface area contributed by atoms with Gasteiger partial charge in [0, 0.05) is 10.9 Å². The van der Waals surface area contributed by atoms with Gasteiger partial charge in [-0.15, -0.1) is 0 Å². The fourth-order valence-electron chi connectivity index (χ4n) is 2.53. The van der Waals surface area contributed by atoms with Crippen LogP contribution in [0.2, 0.25) is 0 Å². The van der Waals surface area contributed by atoms with Crippen LogP contribution in [0.4, 0.5) is 5.82 Å². The van der Waals surface area contributed by atoms with Crippen LogP contribution in [0.25, 0.3) is 11.1 Å². The fraction of sp³-hybridized carbons (Fsp3) is 0.471. The van der Waals surface area contributed by atoms with E-state index in [9.17, 15) is 0 Å². The molecule has 114 valence electrons. The molecule has 0 aliphatic carbocycles. The predicted octanol–water partition coefficient (Wildman–Crippen LogP) is 5.59. The monoisotopic (exact) mass is 350 g/mol. The molecule has 2 rings (SSSR count). The summed E-state index contributed by atoms with van der Waals surface area (Å²) in [7, 11) is 0. The molecular weight excluding hydrogens is 328 g/mol. The molecule has 0 amide bonds. The first-order chi connectivity index (χ1) is 10.2. The lowest BCUT2D eigenvalue weighted by Gasteiger charge is -2.04. The summed E-state index contributed by atoms with van der Waals surface area (Å²) in [5.74, 6) is 1.38. The van der Waals surface area contributed by atoms with Crippen LogP contribution in [0.15, 0.2) is 33.3 Å². The number of nitrogens with two attached hydrogens (primary N) is 1. The lowest BCUT2D eigenvalue weighted by Crippen LogP contribution is -1.91. The van der Waals surface area contributed by atoms with Crippen LogP contribution in [-0.2, 0) is 6.42 Å². The highest BCUT2D eigenvalue weighted by Crippen LogP contribution is 2.32. The van der Waals surface area contributed by atoms with Crippen LogP contribution in [0, 0.1) is 0 Å². The van der Waals surface area contributed by atoms with E-state index in [1.807, 2.05) is 24.3 Å². The molecule has 1 aromatic carbocycles.